The molecule has 0 aliphatic rings. The van der Waals surface area contributed by atoms with E-state index in [4.69, 9.17) is 14.7 Å². The van der Waals surface area contributed by atoms with Gasteiger partial charge in [0.05, 0.1) is 0 Å². The molecule has 0 amide bonds. The second-order valence-electron chi connectivity index (χ2n) is 6.41. The lowest BCUT2D eigenvalue weighted by molar-refractivity contribution is -0.122. The molecule has 3 N–H and O–H groups in total. The van der Waals surface area contributed by atoms with Crippen LogP contribution in [0.15, 0.2) is 30.3 Å². The quantitative estimate of drug-likeness (QED) is 0.404. The van der Waals surface area contributed by atoms with Gasteiger partial charge in [-0.3, -0.25) is 0 Å². The fourth-order valence-corrected chi connectivity index (χ4v) is 2.94. The lowest BCUT2D eigenvalue weighted by atomic mass is 9.93. The van der Waals surface area contributed by atoms with Gasteiger partial charge in [0, 0.05) is 0 Å². The van der Waals surface area contributed by atoms with Crippen LogP contribution in [0.5, 0.6) is 11.5 Å². The number of hydrogen-bond acceptors (Lipinski definition) is 4. The molecule has 0 spiro atoms. The molecule has 0 aromatic heterocycles. The average Bonchev–Trinajstić information content (AvgIpc) is 2.49. The number of aromatic hydroxyl groups is 1. The summed E-state index contributed by atoms with van der Waals surface area (Å²) in [6, 6.07) is 8.94. The Bertz CT molecular complexity index is 786. The van der Waals surface area contributed by atoms with Gasteiger partial charge < -0.3 is 19.8 Å². The maximum atomic E-state index is 10.7. The maximum Gasteiger partial charge on any atom is 0.505 e. The van der Waals surface area contributed by atoms with Crippen molar-refractivity contribution in [1.82, 2.24) is 0 Å². The minimum Gasteiger partial charge on any atom is -0.508 e. The summed E-state index contributed by atoms with van der Waals surface area (Å²) in [6.45, 7) is 7.86. The fraction of sp³-hybridized carbons (Fsp3) is 0.333. The predicted octanol–water partition coefficient (Wildman–Crippen LogP) is 4.13. The number of phenols is 1. The van der Waals surface area contributed by atoms with E-state index in [1.54, 1.807) is 18.2 Å². The maximum absolute atomic E-state index is 10.7. The van der Waals surface area contributed by atoms with Gasteiger partial charge in [-0.25, -0.2) is 4.57 Å². The monoisotopic (exact) mass is 366 g/mol. The Balaban J connectivity index is 2.26. The Morgan fingerprint density at radius 2 is 1.68 bits per heavy atom. The molecule has 0 atom stereocenters. The van der Waals surface area contributed by atoms with Crippen LogP contribution in [0.25, 0.3) is 0 Å². The van der Waals surface area contributed by atoms with E-state index >= 15 is 0 Å². The van der Waals surface area contributed by atoms with Crippen LogP contribution >= 0.6 is 7.82 Å². The van der Waals surface area contributed by atoms with Gasteiger partial charge in [-0.2, -0.15) is 0 Å². The highest BCUT2D eigenvalue weighted by Crippen LogP contribution is 2.37. The number of phosphoric acid groups is 1. The molecule has 6 nitrogen and oxygen atoms in total. The van der Waals surface area contributed by atoms with E-state index in [-0.39, 0.29) is 11.7 Å². The molecule has 0 aliphatic heterocycles. The zero-order chi connectivity index (χ0) is 18.8. The summed E-state index contributed by atoms with van der Waals surface area (Å²) in [5.41, 5.74) is 4.91. The average molecular weight is 366 g/mol. The first-order valence-corrected chi connectivity index (χ1v) is 9.43. The van der Waals surface area contributed by atoms with Crippen LogP contribution in [-0.4, -0.2) is 14.9 Å². The largest absolute Gasteiger partial charge is 0.508 e. The molecule has 0 aliphatic carbocycles. The van der Waals surface area contributed by atoms with Gasteiger partial charge in [-0.1, -0.05) is 30.7 Å². The molecular weight excluding hydrogens is 343 g/mol. The van der Waals surface area contributed by atoms with Gasteiger partial charge in [0.1, 0.15) is 5.75 Å². The third-order valence-corrected chi connectivity index (χ3v) is 4.26. The highest BCUT2D eigenvalue weighted by Gasteiger charge is 2.17. The Kier molecular flexibility index (Phi) is 5.91. The first-order chi connectivity index (χ1) is 11.6. The van der Waals surface area contributed by atoms with Crippen molar-refractivity contribution in [1.29, 1.82) is 0 Å². The lowest BCUT2D eigenvalue weighted by Crippen LogP contribution is -2.00. The summed E-state index contributed by atoms with van der Waals surface area (Å²) < 4.78 is 14.8. The van der Waals surface area contributed by atoms with Crippen LogP contribution < -0.4 is 4.89 Å². The zero-order valence-corrected chi connectivity index (χ0v) is 15.6. The van der Waals surface area contributed by atoms with Crippen LogP contribution in [0.4, 0.5) is 0 Å². The van der Waals surface area contributed by atoms with Gasteiger partial charge >= 0.3 is 7.82 Å². The zero-order valence-electron chi connectivity index (χ0n) is 14.7. The fourth-order valence-electron chi connectivity index (χ4n) is 2.75. The van der Waals surface area contributed by atoms with Crippen molar-refractivity contribution < 1.29 is 29.0 Å². The van der Waals surface area contributed by atoms with E-state index in [0.29, 0.717) is 12.2 Å². The van der Waals surface area contributed by atoms with Crippen LogP contribution in [0.1, 0.15) is 47.6 Å². The van der Waals surface area contributed by atoms with Crippen molar-refractivity contribution in [3.05, 3.63) is 58.1 Å². The summed E-state index contributed by atoms with van der Waals surface area (Å²) in [7, 11) is -4.69. The first kappa shape index (κ1) is 19.5. The summed E-state index contributed by atoms with van der Waals surface area (Å²) >= 11 is 0. The van der Waals surface area contributed by atoms with Crippen LogP contribution in [0.2, 0.25) is 0 Å². The molecular formula is C18H23O6P. The smallest absolute Gasteiger partial charge is 0.505 e. The topological polar surface area (TPSA) is 96.2 Å². The highest BCUT2D eigenvalue weighted by molar-refractivity contribution is 7.46. The van der Waals surface area contributed by atoms with Crippen LogP contribution in [0.3, 0.4) is 0 Å². The van der Waals surface area contributed by atoms with E-state index in [2.05, 4.69) is 4.67 Å². The summed E-state index contributed by atoms with van der Waals surface area (Å²) in [4.78, 5) is 22.1. The van der Waals surface area contributed by atoms with Gasteiger partial charge in [-0.15, -0.1) is 0 Å². The van der Waals surface area contributed by atoms with E-state index in [1.807, 2.05) is 39.8 Å². The molecule has 136 valence electrons. The van der Waals surface area contributed by atoms with E-state index in [1.165, 1.54) is 0 Å². The second-order valence-corrected chi connectivity index (χ2v) is 7.54. The second kappa shape index (κ2) is 7.58. The molecule has 0 fully saturated rings. The molecule has 0 radical (unpaired) electrons. The molecule has 0 saturated heterocycles. The highest BCUT2D eigenvalue weighted by atomic mass is 31.2. The summed E-state index contributed by atoms with van der Waals surface area (Å²) in [5.74, 6) is 0.754. The first-order valence-electron chi connectivity index (χ1n) is 7.90. The Hall–Kier alpha value is -1.85. The molecule has 2 aromatic rings. The molecule has 7 heteroatoms. The molecule has 2 rings (SSSR count). The number of aryl methyl sites for hydroxylation is 2. The summed E-state index contributed by atoms with van der Waals surface area (Å²) in [6.07, 6.45) is 0.678. The standard InChI is InChI=1S/C18H23O6P/c1-11(2)16-9-14(5-6-18(16)19)10-17-12(3)7-15(8-13(17)4)23-24-25(20,21)22/h5-9,11,19H,10H2,1-4H3,(H2,20,21,22). The minimum absolute atomic E-state index is 0.225. The Labute approximate surface area is 147 Å². The third kappa shape index (κ3) is 5.31. The van der Waals surface area contributed by atoms with Gasteiger partial charge in [0.2, 0.25) is 0 Å². The van der Waals surface area contributed by atoms with Crippen LogP contribution in [-0.2, 0) is 15.7 Å². The number of benzene rings is 2. The van der Waals surface area contributed by atoms with Crippen molar-refractivity contribution in [3.8, 4) is 11.5 Å². The molecule has 0 unspecified atom stereocenters. The molecule has 0 bridgehead atoms. The molecule has 0 heterocycles. The Morgan fingerprint density at radius 3 is 2.20 bits per heavy atom. The van der Waals surface area contributed by atoms with Crippen molar-refractivity contribution in [3.63, 3.8) is 0 Å². The predicted molar refractivity (Wildman–Crippen MR) is 94.7 cm³/mol. The van der Waals surface area contributed by atoms with Crippen molar-refractivity contribution >= 4 is 7.82 Å². The molecule has 2 aromatic carbocycles. The van der Waals surface area contributed by atoms with Crippen molar-refractivity contribution in [2.45, 2.75) is 40.0 Å². The SMILES string of the molecule is Cc1cc(OOP(=O)(O)O)cc(C)c1Cc1ccc(O)c(C(C)C)c1. The van der Waals surface area contributed by atoms with Gasteiger partial charge in [-0.05, 0) is 72.2 Å². The summed E-state index contributed by atoms with van der Waals surface area (Å²) in [5, 5.41) is 9.95. The molecule has 25 heavy (non-hydrogen) atoms. The number of rotatable bonds is 6. The molecule has 0 saturated carbocycles. The van der Waals surface area contributed by atoms with Gasteiger partial charge in [0.25, 0.3) is 0 Å². The van der Waals surface area contributed by atoms with Crippen molar-refractivity contribution in [2.24, 2.45) is 0 Å². The third-order valence-electron chi connectivity index (χ3n) is 3.99. The van der Waals surface area contributed by atoms with E-state index in [0.717, 1.165) is 27.8 Å². The number of phenolic OH excluding ortho intramolecular Hbond substituents is 1. The minimum atomic E-state index is -4.69. The Morgan fingerprint density at radius 1 is 1.08 bits per heavy atom. The van der Waals surface area contributed by atoms with Crippen molar-refractivity contribution in [2.75, 3.05) is 0 Å². The lowest BCUT2D eigenvalue weighted by Gasteiger charge is -2.15. The number of hydrogen-bond donors (Lipinski definition) is 3. The van der Waals surface area contributed by atoms with Gasteiger partial charge in [0.15, 0.2) is 5.75 Å². The van der Waals surface area contributed by atoms with Crippen LogP contribution in [0, 0.1) is 13.8 Å². The normalized spacial score (nSPS) is 11.8. The van der Waals surface area contributed by atoms with E-state index in [9.17, 15) is 9.67 Å². The van der Waals surface area contributed by atoms with E-state index < -0.39 is 7.82 Å².